The van der Waals surface area contributed by atoms with Crippen molar-refractivity contribution in [3.8, 4) is 0 Å². The molecule has 0 unspecified atom stereocenters. The van der Waals surface area contributed by atoms with Gasteiger partial charge >= 0.3 is 5.97 Å². The summed E-state index contributed by atoms with van der Waals surface area (Å²) in [5.74, 6) is -0.552. The highest BCUT2D eigenvalue weighted by atomic mass is 19.3. The molecule has 0 saturated carbocycles. The van der Waals surface area contributed by atoms with Crippen molar-refractivity contribution < 1.29 is 18.3 Å². The van der Waals surface area contributed by atoms with Crippen molar-refractivity contribution >= 4 is 17.5 Å². The van der Waals surface area contributed by atoms with Crippen molar-refractivity contribution in [1.29, 1.82) is 0 Å². The van der Waals surface area contributed by atoms with Gasteiger partial charge < -0.3 is 15.8 Å². The lowest BCUT2D eigenvalue weighted by Crippen LogP contribution is -2.15. The van der Waals surface area contributed by atoms with E-state index in [-0.39, 0.29) is 23.7 Å². The van der Waals surface area contributed by atoms with Crippen LogP contribution in [0.4, 0.5) is 20.3 Å². The first kappa shape index (κ1) is 13.1. The van der Waals surface area contributed by atoms with Crippen LogP contribution in [0.15, 0.2) is 12.3 Å². The summed E-state index contributed by atoms with van der Waals surface area (Å²) in [7, 11) is 0. The van der Waals surface area contributed by atoms with Crippen LogP contribution in [0.1, 0.15) is 17.3 Å². The Morgan fingerprint density at radius 2 is 2.35 bits per heavy atom. The van der Waals surface area contributed by atoms with Gasteiger partial charge in [0.1, 0.15) is 5.82 Å². The second kappa shape index (κ2) is 5.97. The molecule has 5 nitrogen and oxygen atoms in total. The average molecular weight is 245 g/mol. The number of hydrogen-bond donors (Lipinski definition) is 2. The number of anilines is 2. The topological polar surface area (TPSA) is 77.2 Å². The molecule has 0 amide bonds. The highest BCUT2D eigenvalue weighted by molar-refractivity contribution is 5.97. The van der Waals surface area contributed by atoms with Crippen LogP contribution in [-0.4, -0.2) is 30.5 Å². The molecule has 1 heterocycles. The van der Waals surface area contributed by atoms with E-state index in [1.165, 1.54) is 12.3 Å². The number of ether oxygens (including phenoxy) is 1. The van der Waals surface area contributed by atoms with Gasteiger partial charge in [0.15, 0.2) is 0 Å². The van der Waals surface area contributed by atoms with Gasteiger partial charge in [0.05, 0.1) is 24.4 Å². The fraction of sp³-hybridized carbons (Fsp3) is 0.400. The number of alkyl halides is 2. The van der Waals surface area contributed by atoms with Crippen LogP contribution in [-0.2, 0) is 4.74 Å². The Kier molecular flexibility index (Phi) is 4.62. The van der Waals surface area contributed by atoms with Gasteiger partial charge in [-0.15, -0.1) is 0 Å². The third kappa shape index (κ3) is 3.54. The van der Waals surface area contributed by atoms with E-state index in [0.29, 0.717) is 0 Å². The van der Waals surface area contributed by atoms with Crippen molar-refractivity contribution in [2.45, 2.75) is 13.3 Å². The minimum absolute atomic E-state index is 0.00611. The van der Waals surface area contributed by atoms with E-state index in [1.807, 2.05) is 0 Å². The third-order valence-corrected chi connectivity index (χ3v) is 1.91. The number of nitrogens with zero attached hydrogens (tertiary/aromatic N) is 1. The number of nitrogen functional groups attached to an aromatic ring is 1. The van der Waals surface area contributed by atoms with E-state index < -0.39 is 18.9 Å². The Hall–Kier alpha value is -1.92. The molecule has 7 heteroatoms. The molecule has 0 aliphatic rings. The zero-order valence-electron chi connectivity index (χ0n) is 9.24. The van der Waals surface area contributed by atoms with Crippen LogP contribution >= 0.6 is 0 Å². The Morgan fingerprint density at radius 3 is 2.94 bits per heavy atom. The lowest BCUT2D eigenvalue weighted by atomic mass is 10.2. The molecular formula is C10H13F2N3O2. The first-order chi connectivity index (χ1) is 8.06. The van der Waals surface area contributed by atoms with Crippen molar-refractivity contribution in [3.05, 3.63) is 17.8 Å². The monoisotopic (exact) mass is 245 g/mol. The fourth-order valence-electron chi connectivity index (χ4n) is 1.17. The van der Waals surface area contributed by atoms with Crippen molar-refractivity contribution in [3.63, 3.8) is 0 Å². The zero-order chi connectivity index (χ0) is 12.8. The second-order valence-electron chi connectivity index (χ2n) is 3.11. The van der Waals surface area contributed by atoms with Gasteiger partial charge in [0, 0.05) is 6.20 Å². The number of aromatic nitrogens is 1. The molecule has 0 aliphatic heterocycles. The number of nitrogens with two attached hydrogens (primary N) is 1. The quantitative estimate of drug-likeness (QED) is 0.769. The van der Waals surface area contributed by atoms with Gasteiger partial charge in [-0.25, -0.2) is 18.6 Å². The van der Waals surface area contributed by atoms with Crippen LogP contribution in [0.3, 0.4) is 0 Å². The maximum atomic E-state index is 12.0. The number of rotatable bonds is 5. The SMILES string of the molecule is CCOC(=O)c1ccnc(NCC(F)F)c1N. The molecule has 1 aromatic heterocycles. The molecule has 94 valence electrons. The predicted octanol–water partition coefficient (Wildman–Crippen LogP) is 1.52. The highest BCUT2D eigenvalue weighted by Gasteiger charge is 2.15. The maximum Gasteiger partial charge on any atom is 0.340 e. The molecule has 0 bridgehead atoms. The summed E-state index contributed by atoms with van der Waals surface area (Å²) < 4.78 is 28.8. The fourth-order valence-corrected chi connectivity index (χ4v) is 1.17. The predicted molar refractivity (Wildman–Crippen MR) is 59.1 cm³/mol. The largest absolute Gasteiger partial charge is 0.462 e. The second-order valence-corrected chi connectivity index (χ2v) is 3.11. The van der Waals surface area contributed by atoms with Crippen molar-refractivity contribution in [2.24, 2.45) is 0 Å². The van der Waals surface area contributed by atoms with Crippen LogP contribution in [0.5, 0.6) is 0 Å². The molecule has 0 radical (unpaired) electrons. The molecule has 0 saturated heterocycles. The average Bonchev–Trinajstić information content (AvgIpc) is 2.27. The molecule has 17 heavy (non-hydrogen) atoms. The third-order valence-electron chi connectivity index (χ3n) is 1.91. The van der Waals surface area contributed by atoms with E-state index >= 15 is 0 Å². The number of carbonyl (C=O) groups excluding carboxylic acids is 1. The first-order valence-electron chi connectivity index (χ1n) is 4.99. The summed E-state index contributed by atoms with van der Waals surface area (Å²) in [6.45, 7) is 1.29. The molecule has 0 fully saturated rings. The summed E-state index contributed by atoms with van der Waals surface area (Å²) in [4.78, 5) is 15.2. The first-order valence-corrected chi connectivity index (χ1v) is 4.99. The summed E-state index contributed by atoms with van der Waals surface area (Å²) in [5, 5.41) is 2.36. The summed E-state index contributed by atoms with van der Waals surface area (Å²) in [6, 6.07) is 1.38. The van der Waals surface area contributed by atoms with E-state index in [4.69, 9.17) is 10.5 Å². The Labute approximate surface area is 97.0 Å². The molecule has 0 atom stereocenters. The van der Waals surface area contributed by atoms with Gasteiger partial charge in [-0.2, -0.15) is 0 Å². The van der Waals surface area contributed by atoms with Gasteiger partial charge in [-0.05, 0) is 13.0 Å². The van der Waals surface area contributed by atoms with Gasteiger partial charge in [0.2, 0.25) is 0 Å². The number of carbonyl (C=O) groups is 1. The molecule has 0 aliphatic carbocycles. The van der Waals surface area contributed by atoms with E-state index in [0.717, 1.165) is 0 Å². The number of halogens is 2. The lowest BCUT2D eigenvalue weighted by molar-refractivity contribution is 0.0527. The summed E-state index contributed by atoms with van der Waals surface area (Å²) in [5.41, 5.74) is 5.75. The summed E-state index contributed by atoms with van der Waals surface area (Å²) >= 11 is 0. The minimum atomic E-state index is -2.53. The van der Waals surface area contributed by atoms with Crippen LogP contribution < -0.4 is 11.1 Å². The molecule has 1 rings (SSSR count). The molecule has 0 spiro atoms. The van der Waals surface area contributed by atoms with Crippen LogP contribution in [0, 0.1) is 0 Å². The number of nitrogens with one attached hydrogen (secondary N) is 1. The number of hydrogen-bond acceptors (Lipinski definition) is 5. The van der Waals surface area contributed by atoms with Crippen molar-refractivity contribution in [1.82, 2.24) is 4.98 Å². The molecule has 0 aromatic carbocycles. The molecule has 3 N–H and O–H groups in total. The van der Waals surface area contributed by atoms with Gasteiger partial charge in [-0.1, -0.05) is 0 Å². The van der Waals surface area contributed by atoms with Crippen LogP contribution in [0.25, 0.3) is 0 Å². The van der Waals surface area contributed by atoms with E-state index in [1.54, 1.807) is 6.92 Å². The maximum absolute atomic E-state index is 12.0. The standard InChI is InChI=1S/C10H13F2N3O2/c1-2-17-10(16)6-3-4-14-9(8(6)13)15-5-7(11)12/h3-4,7H,2,5,13H2,1H3,(H,14,15). The minimum Gasteiger partial charge on any atom is -0.462 e. The van der Waals surface area contributed by atoms with Gasteiger partial charge in [0.25, 0.3) is 6.43 Å². The zero-order valence-corrected chi connectivity index (χ0v) is 9.24. The normalized spacial score (nSPS) is 10.4. The Bertz CT molecular complexity index is 399. The smallest absolute Gasteiger partial charge is 0.340 e. The van der Waals surface area contributed by atoms with Crippen molar-refractivity contribution in [2.75, 3.05) is 24.2 Å². The van der Waals surface area contributed by atoms with Crippen LogP contribution in [0.2, 0.25) is 0 Å². The lowest BCUT2D eigenvalue weighted by Gasteiger charge is -2.10. The Balaban J connectivity index is 2.87. The molecule has 1 aromatic rings. The van der Waals surface area contributed by atoms with E-state index in [9.17, 15) is 13.6 Å². The number of pyridine rings is 1. The highest BCUT2D eigenvalue weighted by Crippen LogP contribution is 2.20. The summed E-state index contributed by atoms with van der Waals surface area (Å²) in [6.07, 6.45) is -1.22. The molecular weight excluding hydrogens is 232 g/mol. The number of esters is 1. The van der Waals surface area contributed by atoms with Gasteiger partial charge in [-0.3, -0.25) is 0 Å². The van der Waals surface area contributed by atoms with E-state index in [2.05, 4.69) is 10.3 Å². The Morgan fingerprint density at radius 1 is 1.65 bits per heavy atom.